The summed E-state index contributed by atoms with van der Waals surface area (Å²) in [6, 6.07) is 14.0. The molecule has 0 fully saturated rings. The van der Waals surface area contributed by atoms with Gasteiger partial charge in [-0.15, -0.1) is 0 Å². The SMILES string of the molecule is Brc1ccc(CNc2cccnc2-n2cccn2)cc1. The molecule has 3 aromatic rings. The third-order valence-electron chi connectivity index (χ3n) is 2.90. The Labute approximate surface area is 125 Å². The molecule has 0 aliphatic carbocycles. The summed E-state index contributed by atoms with van der Waals surface area (Å²) in [5.41, 5.74) is 2.17. The summed E-state index contributed by atoms with van der Waals surface area (Å²) in [6.45, 7) is 0.743. The van der Waals surface area contributed by atoms with E-state index in [9.17, 15) is 0 Å². The molecule has 5 heteroatoms. The van der Waals surface area contributed by atoms with Crippen molar-refractivity contribution >= 4 is 21.6 Å². The van der Waals surface area contributed by atoms with E-state index in [0.29, 0.717) is 0 Å². The van der Waals surface area contributed by atoms with Crippen LogP contribution in [-0.2, 0) is 6.54 Å². The van der Waals surface area contributed by atoms with Gasteiger partial charge >= 0.3 is 0 Å². The van der Waals surface area contributed by atoms with Crippen molar-refractivity contribution in [3.8, 4) is 5.82 Å². The fourth-order valence-electron chi connectivity index (χ4n) is 1.91. The first-order chi connectivity index (χ1) is 9.83. The molecule has 1 N–H and O–H groups in total. The highest BCUT2D eigenvalue weighted by Gasteiger charge is 2.05. The Kier molecular flexibility index (Phi) is 3.78. The van der Waals surface area contributed by atoms with Gasteiger partial charge in [0.1, 0.15) is 0 Å². The lowest BCUT2D eigenvalue weighted by Gasteiger charge is -2.11. The predicted octanol–water partition coefficient (Wildman–Crippen LogP) is 3.64. The lowest BCUT2D eigenvalue weighted by atomic mass is 10.2. The Bertz CT molecular complexity index is 677. The van der Waals surface area contributed by atoms with E-state index in [2.05, 4.69) is 43.5 Å². The maximum atomic E-state index is 4.38. The average Bonchev–Trinajstić information content (AvgIpc) is 3.01. The molecule has 0 amide bonds. The third kappa shape index (κ3) is 2.88. The van der Waals surface area contributed by atoms with Crippen molar-refractivity contribution in [2.45, 2.75) is 6.54 Å². The Balaban J connectivity index is 1.79. The van der Waals surface area contributed by atoms with Crippen molar-refractivity contribution in [3.63, 3.8) is 0 Å². The van der Waals surface area contributed by atoms with Crippen molar-refractivity contribution in [2.24, 2.45) is 0 Å². The molecule has 1 aromatic carbocycles. The van der Waals surface area contributed by atoms with Gasteiger partial charge in [0.25, 0.3) is 0 Å². The van der Waals surface area contributed by atoms with Gasteiger partial charge in [-0.25, -0.2) is 9.67 Å². The second-order valence-electron chi connectivity index (χ2n) is 4.31. The molecule has 0 aliphatic heterocycles. The highest BCUT2D eigenvalue weighted by atomic mass is 79.9. The number of pyridine rings is 1. The van der Waals surface area contributed by atoms with Crippen LogP contribution >= 0.6 is 15.9 Å². The van der Waals surface area contributed by atoms with Crippen LogP contribution in [0.15, 0.2) is 65.5 Å². The zero-order chi connectivity index (χ0) is 13.8. The Morgan fingerprint density at radius 2 is 1.90 bits per heavy atom. The number of rotatable bonds is 4. The first kappa shape index (κ1) is 12.9. The Morgan fingerprint density at radius 1 is 1.05 bits per heavy atom. The van der Waals surface area contributed by atoms with Crippen LogP contribution < -0.4 is 5.32 Å². The fourth-order valence-corrected chi connectivity index (χ4v) is 2.18. The van der Waals surface area contributed by atoms with E-state index in [1.54, 1.807) is 17.1 Å². The molecule has 0 aliphatic rings. The topological polar surface area (TPSA) is 42.7 Å². The third-order valence-corrected chi connectivity index (χ3v) is 3.43. The number of hydrogen-bond donors (Lipinski definition) is 1. The molecule has 0 saturated carbocycles. The van der Waals surface area contributed by atoms with Gasteiger partial charge in [-0.3, -0.25) is 0 Å². The van der Waals surface area contributed by atoms with Crippen molar-refractivity contribution in [2.75, 3.05) is 5.32 Å². The van der Waals surface area contributed by atoms with Gasteiger partial charge in [-0.1, -0.05) is 28.1 Å². The number of hydrogen-bond acceptors (Lipinski definition) is 3. The normalized spacial score (nSPS) is 10.4. The van der Waals surface area contributed by atoms with Crippen molar-refractivity contribution in [1.29, 1.82) is 0 Å². The minimum Gasteiger partial charge on any atom is -0.378 e. The average molecular weight is 329 g/mol. The summed E-state index contributed by atoms with van der Waals surface area (Å²) >= 11 is 3.44. The lowest BCUT2D eigenvalue weighted by Crippen LogP contribution is -2.06. The van der Waals surface area contributed by atoms with E-state index in [0.717, 1.165) is 22.5 Å². The molecule has 0 spiro atoms. The first-order valence-electron chi connectivity index (χ1n) is 6.26. The summed E-state index contributed by atoms with van der Waals surface area (Å²) in [5.74, 6) is 0.801. The maximum Gasteiger partial charge on any atom is 0.176 e. The van der Waals surface area contributed by atoms with Crippen molar-refractivity contribution in [3.05, 3.63) is 71.1 Å². The van der Waals surface area contributed by atoms with Gasteiger partial charge in [-0.2, -0.15) is 5.10 Å². The Morgan fingerprint density at radius 3 is 2.65 bits per heavy atom. The molecule has 3 rings (SSSR count). The van der Waals surface area contributed by atoms with Crippen LogP contribution in [0.1, 0.15) is 5.56 Å². The number of benzene rings is 1. The minimum absolute atomic E-state index is 0.743. The van der Waals surface area contributed by atoms with Crippen molar-refractivity contribution in [1.82, 2.24) is 14.8 Å². The fraction of sp³-hybridized carbons (Fsp3) is 0.0667. The summed E-state index contributed by atoms with van der Waals surface area (Å²) in [4.78, 5) is 4.38. The van der Waals surface area contributed by atoms with Crippen LogP contribution in [0.2, 0.25) is 0 Å². The van der Waals surface area contributed by atoms with Crippen LogP contribution in [0.5, 0.6) is 0 Å². The molecule has 2 aromatic heterocycles. The molecule has 0 atom stereocenters. The van der Waals surface area contributed by atoms with E-state index in [4.69, 9.17) is 0 Å². The monoisotopic (exact) mass is 328 g/mol. The molecule has 0 saturated heterocycles. The number of aromatic nitrogens is 3. The van der Waals surface area contributed by atoms with E-state index < -0.39 is 0 Å². The van der Waals surface area contributed by atoms with E-state index in [-0.39, 0.29) is 0 Å². The minimum atomic E-state index is 0.743. The number of nitrogens with zero attached hydrogens (tertiary/aromatic N) is 3. The van der Waals surface area contributed by atoms with Crippen molar-refractivity contribution < 1.29 is 0 Å². The van der Waals surface area contributed by atoms with E-state index >= 15 is 0 Å². The highest BCUT2D eigenvalue weighted by molar-refractivity contribution is 9.10. The van der Waals surface area contributed by atoms with E-state index in [1.807, 2.05) is 36.5 Å². The molecule has 20 heavy (non-hydrogen) atoms. The molecule has 100 valence electrons. The second kappa shape index (κ2) is 5.88. The summed E-state index contributed by atoms with van der Waals surface area (Å²) < 4.78 is 2.84. The first-order valence-corrected chi connectivity index (χ1v) is 7.05. The van der Waals surface area contributed by atoms with Gasteiger partial charge < -0.3 is 5.32 Å². The van der Waals surface area contributed by atoms with Gasteiger partial charge in [0.15, 0.2) is 5.82 Å². The molecule has 0 unspecified atom stereocenters. The zero-order valence-corrected chi connectivity index (χ0v) is 12.3. The van der Waals surface area contributed by atoms with Crippen LogP contribution in [0.3, 0.4) is 0 Å². The number of anilines is 1. The standard InChI is InChI=1S/C15H13BrN4/c16-13-6-4-12(5-7-13)11-18-14-3-1-8-17-15(14)20-10-2-9-19-20/h1-10,18H,11H2. The zero-order valence-electron chi connectivity index (χ0n) is 10.7. The molecular weight excluding hydrogens is 316 g/mol. The van der Waals surface area contributed by atoms with Gasteiger partial charge in [0.05, 0.1) is 5.69 Å². The number of halogens is 1. The Hall–Kier alpha value is -2.14. The molecular formula is C15H13BrN4. The maximum absolute atomic E-state index is 4.38. The number of nitrogens with one attached hydrogen (secondary N) is 1. The van der Waals surface area contributed by atoms with Gasteiger partial charge in [0, 0.05) is 29.6 Å². The summed E-state index contributed by atoms with van der Waals surface area (Å²) in [7, 11) is 0. The van der Waals surface area contributed by atoms with Crippen LogP contribution in [0.4, 0.5) is 5.69 Å². The van der Waals surface area contributed by atoms with Crippen LogP contribution in [0, 0.1) is 0 Å². The van der Waals surface area contributed by atoms with E-state index in [1.165, 1.54) is 5.56 Å². The molecule has 0 radical (unpaired) electrons. The quantitative estimate of drug-likeness (QED) is 0.795. The second-order valence-corrected chi connectivity index (χ2v) is 5.22. The summed E-state index contributed by atoms with van der Waals surface area (Å²) in [5, 5.41) is 7.62. The smallest absolute Gasteiger partial charge is 0.176 e. The molecule has 0 bridgehead atoms. The van der Waals surface area contributed by atoms with Crippen LogP contribution in [-0.4, -0.2) is 14.8 Å². The predicted molar refractivity (Wildman–Crippen MR) is 82.8 cm³/mol. The van der Waals surface area contributed by atoms with Gasteiger partial charge in [0.2, 0.25) is 0 Å². The highest BCUT2D eigenvalue weighted by Crippen LogP contribution is 2.18. The lowest BCUT2D eigenvalue weighted by molar-refractivity contribution is 0.846. The van der Waals surface area contributed by atoms with Crippen LogP contribution in [0.25, 0.3) is 5.82 Å². The largest absolute Gasteiger partial charge is 0.378 e. The summed E-state index contributed by atoms with van der Waals surface area (Å²) in [6.07, 6.45) is 5.39. The van der Waals surface area contributed by atoms with Gasteiger partial charge in [-0.05, 0) is 35.9 Å². The molecule has 4 nitrogen and oxygen atoms in total. The molecule has 2 heterocycles.